The highest BCUT2D eigenvalue weighted by atomic mass is 35.5. The van der Waals surface area contributed by atoms with Crippen LogP contribution in [0.5, 0.6) is 0 Å². The Hall–Kier alpha value is -1.52. The van der Waals surface area contributed by atoms with Crippen molar-refractivity contribution in [1.29, 1.82) is 0 Å². The summed E-state index contributed by atoms with van der Waals surface area (Å²) in [4.78, 5) is 4.90. The van der Waals surface area contributed by atoms with Crippen molar-refractivity contribution in [1.82, 2.24) is 4.98 Å². The van der Waals surface area contributed by atoms with Gasteiger partial charge in [0.15, 0.2) is 10.7 Å². The molecule has 3 rings (SSSR count). The summed E-state index contributed by atoms with van der Waals surface area (Å²) in [7, 11) is 0. The molecule has 1 aromatic carbocycles. The number of nitrogens with zero attached hydrogens (tertiary/aromatic N) is 1. The van der Waals surface area contributed by atoms with Gasteiger partial charge in [0.25, 0.3) is 0 Å². The van der Waals surface area contributed by atoms with Crippen molar-refractivity contribution in [3.63, 3.8) is 0 Å². The number of hydrogen-bond donors (Lipinski definition) is 1. The van der Waals surface area contributed by atoms with Crippen molar-refractivity contribution < 1.29 is 4.42 Å². The number of nitrogens with two attached hydrogens (primary N) is 1. The number of aromatic nitrogens is 1. The molecule has 3 aromatic rings. The molecule has 2 aromatic heterocycles. The van der Waals surface area contributed by atoms with Crippen molar-refractivity contribution in [3.8, 4) is 10.6 Å². The van der Waals surface area contributed by atoms with E-state index in [-0.39, 0.29) is 0 Å². The van der Waals surface area contributed by atoms with Gasteiger partial charge in [-0.3, -0.25) is 0 Å². The van der Waals surface area contributed by atoms with E-state index in [9.17, 15) is 0 Å². The number of halogens is 1. The lowest BCUT2D eigenvalue weighted by Crippen LogP contribution is -1.77. The first-order valence-corrected chi connectivity index (χ1v) is 5.83. The van der Waals surface area contributed by atoms with Gasteiger partial charge in [-0.1, -0.05) is 35.1 Å². The molecule has 5 heteroatoms. The molecule has 0 spiro atoms. The Morgan fingerprint density at radius 3 is 2.94 bits per heavy atom. The van der Waals surface area contributed by atoms with E-state index in [1.807, 2.05) is 18.2 Å². The molecule has 0 radical (unpaired) electrons. The summed E-state index contributed by atoms with van der Waals surface area (Å²) < 4.78 is 5.68. The number of furan rings is 1. The molecular weight excluding hydrogens is 244 g/mol. The Morgan fingerprint density at radius 1 is 1.38 bits per heavy atom. The maximum atomic E-state index is 6.03. The third-order valence-electron chi connectivity index (χ3n) is 2.26. The number of fused-ring (bicyclic) bond motifs is 1. The fraction of sp³-hybridized carbons (Fsp3) is 0. The van der Waals surface area contributed by atoms with Crippen LogP contribution in [-0.2, 0) is 0 Å². The molecule has 80 valence electrons. The maximum absolute atomic E-state index is 6.03. The van der Waals surface area contributed by atoms with Crippen LogP contribution in [0.3, 0.4) is 0 Å². The van der Waals surface area contributed by atoms with E-state index in [1.165, 1.54) is 11.3 Å². The standard InChI is InChI=1S/C11H7ClN2OS/c12-7-3-1-2-6-4-8(15-10(6)7)9-5-14-11(13)16-9/h1-5H,(H2,13,14). The van der Waals surface area contributed by atoms with E-state index >= 15 is 0 Å². The number of thiazole rings is 1. The van der Waals surface area contributed by atoms with Gasteiger partial charge in [-0.15, -0.1) is 0 Å². The number of benzene rings is 1. The molecule has 3 nitrogen and oxygen atoms in total. The van der Waals surface area contributed by atoms with E-state index in [0.717, 1.165) is 16.0 Å². The van der Waals surface area contributed by atoms with Gasteiger partial charge in [-0.2, -0.15) is 0 Å². The Balaban J connectivity index is 2.22. The summed E-state index contributed by atoms with van der Waals surface area (Å²) in [5.41, 5.74) is 6.28. The smallest absolute Gasteiger partial charge is 0.180 e. The van der Waals surface area contributed by atoms with Crippen molar-refractivity contribution in [2.24, 2.45) is 0 Å². The van der Waals surface area contributed by atoms with E-state index in [0.29, 0.717) is 15.7 Å². The molecule has 2 heterocycles. The number of anilines is 1. The van der Waals surface area contributed by atoms with E-state index in [2.05, 4.69) is 4.98 Å². The highest BCUT2D eigenvalue weighted by Gasteiger charge is 2.10. The Kier molecular flexibility index (Phi) is 2.12. The Morgan fingerprint density at radius 2 is 2.25 bits per heavy atom. The van der Waals surface area contributed by atoms with Gasteiger partial charge < -0.3 is 10.2 Å². The Bertz CT molecular complexity index is 659. The molecule has 0 aliphatic carbocycles. The zero-order valence-electron chi connectivity index (χ0n) is 8.11. The van der Waals surface area contributed by atoms with Crippen LogP contribution in [0.15, 0.2) is 34.9 Å². The Labute approximate surface area is 100 Å². The second-order valence-corrected chi connectivity index (χ2v) is 4.80. The zero-order valence-corrected chi connectivity index (χ0v) is 9.68. The summed E-state index contributed by atoms with van der Waals surface area (Å²) in [5, 5.41) is 2.12. The van der Waals surface area contributed by atoms with Gasteiger partial charge in [0.1, 0.15) is 5.76 Å². The SMILES string of the molecule is Nc1ncc(-c2cc3cccc(Cl)c3o2)s1. The summed E-state index contributed by atoms with van der Waals surface area (Å²) in [5.74, 6) is 0.748. The molecule has 0 amide bonds. The molecule has 0 saturated heterocycles. The predicted octanol–water partition coefficient (Wildman–Crippen LogP) is 3.79. The average Bonchev–Trinajstić information content (AvgIpc) is 2.84. The fourth-order valence-corrected chi connectivity index (χ4v) is 2.41. The van der Waals surface area contributed by atoms with Crippen molar-refractivity contribution >= 4 is 39.0 Å². The zero-order chi connectivity index (χ0) is 11.1. The lowest BCUT2D eigenvalue weighted by Gasteiger charge is -1.90. The van der Waals surface area contributed by atoms with Crippen LogP contribution >= 0.6 is 22.9 Å². The second kappa shape index (κ2) is 3.50. The van der Waals surface area contributed by atoms with Crippen molar-refractivity contribution in [2.45, 2.75) is 0 Å². The molecule has 16 heavy (non-hydrogen) atoms. The van der Waals surface area contributed by atoms with Crippen LogP contribution < -0.4 is 5.73 Å². The van der Waals surface area contributed by atoms with Crippen molar-refractivity contribution in [2.75, 3.05) is 5.73 Å². The molecular formula is C11H7ClN2OS. The minimum Gasteiger partial charge on any atom is -0.454 e. The van der Waals surface area contributed by atoms with Crippen molar-refractivity contribution in [3.05, 3.63) is 35.5 Å². The lowest BCUT2D eigenvalue weighted by atomic mass is 10.2. The first kappa shape index (κ1) is 9.69. The van der Waals surface area contributed by atoms with Gasteiger partial charge in [0, 0.05) is 5.39 Å². The number of hydrogen-bond acceptors (Lipinski definition) is 4. The predicted molar refractivity (Wildman–Crippen MR) is 66.7 cm³/mol. The van der Waals surface area contributed by atoms with Crippen LogP contribution in [0.4, 0.5) is 5.13 Å². The summed E-state index contributed by atoms with van der Waals surface area (Å²) in [6.07, 6.45) is 1.70. The molecule has 0 unspecified atom stereocenters. The number of para-hydroxylation sites is 1. The van der Waals surface area contributed by atoms with Gasteiger partial charge in [-0.05, 0) is 12.1 Å². The van der Waals surface area contributed by atoms with Crippen LogP contribution in [0, 0.1) is 0 Å². The minimum atomic E-state index is 0.529. The first-order chi connectivity index (χ1) is 7.74. The topological polar surface area (TPSA) is 52.0 Å². The van der Waals surface area contributed by atoms with Crippen LogP contribution in [0.1, 0.15) is 0 Å². The molecule has 0 fully saturated rings. The summed E-state index contributed by atoms with van der Waals surface area (Å²) in [6.45, 7) is 0. The average molecular weight is 251 g/mol. The van der Waals surface area contributed by atoms with Crippen LogP contribution in [0.25, 0.3) is 21.6 Å². The van der Waals surface area contributed by atoms with Gasteiger partial charge in [0.05, 0.1) is 16.1 Å². The molecule has 0 saturated carbocycles. The highest BCUT2D eigenvalue weighted by Crippen LogP contribution is 2.34. The largest absolute Gasteiger partial charge is 0.454 e. The normalized spacial score (nSPS) is 11.1. The fourth-order valence-electron chi connectivity index (χ4n) is 1.55. The molecule has 0 aliphatic heterocycles. The summed E-state index contributed by atoms with van der Waals surface area (Å²) in [6, 6.07) is 7.59. The highest BCUT2D eigenvalue weighted by molar-refractivity contribution is 7.18. The third-order valence-corrected chi connectivity index (χ3v) is 3.40. The third kappa shape index (κ3) is 1.47. The van der Waals surface area contributed by atoms with E-state index in [4.69, 9.17) is 21.8 Å². The first-order valence-electron chi connectivity index (χ1n) is 4.64. The summed E-state index contributed by atoms with van der Waals surface area (Å²) >= 11 is 7.42. The van der Waals surface area contributed by atoms with Gasteiger partial charge >= 0.3 is 0 Å². The maximum Gasteiger partial charge on any atom is 0.180 e. The lowest BCUT2D eigenvalue weighted by molar-refractivity contribution is 0.633. The van der Waals surface area contributed by atoms with Gasteiger partial charge in [-0.25, -0.2) is 4.98 Å². The molecule has 0 atom stereocenters. The minimum absolute atomic E-state index is 0.529. The van der Waals surface area contributed by atoms with Gasteiger partial charge in [0.2, 0.25) is 0 Å². The quantitative estimate of drug-likeness (QED) is 0.715. The molecule has 2 N–H and O–H groups in total. The monoisotopic (exact) mass is 250 g/mol. The van der Waals surface area contributed by atoms with Crippen LogP contribution in [-0.4, -0.2) is 4.98 Å². The van der Waals surface area contributed by atoms with E-state index < -0.39 is 0 Å². The second-order valence-electron chi connectivity index (χ2n) is 3.33. The number of nitrogen functional groups attached to an aromatic ring is 1. The number of rotatable bonds is 1. The van der Waals surface area contributed by atoms with Crippen LogP contribution in [0.2, 0.25) is 5.02 Å². The molecule has 0 aliphatic rings. The molecule has 0 bridgehead atoms. The van der Waals surface area contributed by atoms with E-state index in [1.54, 1.807) is 12.3 Å².